The van der Waals surface area contributed by atoms with E-state index in [0.29, 0.717) is 34.2 Å². The fraction of sp³-hybridized carbons (Fsp3) is 0.190. The van der Waals surface area contributed by atoms with Crippen molar-refractivity contribution >= 4 is 63.4 Å². The number of ether oxygens (including phenoxy) is 5. The second kappa shape index (κ2) is 31.1. The fourth-order valence-electron chi connectivity index (χ4n) is 8.30. The monoisotopic (exact) mass is 1170 g/mol. The van der Waals surface area contributed by atoms with Gasteiger partial charge in [0.25, 0.3) is 11.1 Å². The Balaban J connectivity index is 0.000000351. The summed E-state index contributed by atoms with van der Waals surface area (Å²) in [7, 11) is 2.93. The molecule has 430 valence electrons. The summed E-state index contributed by atoms with van der Waals surface area (Å²) in [5.41, 5.74) is 8.58. The number of amides is 1. The molecular weight excluding hydrogens is 1110 g/mol. The number of halogens is 2. The quantitative estimate of drug-likeness (QED) is 0.0425. The van der Waals surface area contributed by atoms with Crippen LogP contribution in [0.25, 0.3) is 22.1 Å². The number of aryl methyl sites for hydroxylation is 2. The number of aromatic nitrogens is 4. The van der Waals surface area contributed by atoms with Crippen molar-refractivity contribution in [3.63, 3.8) is 0 Å². The van der Waals surface area contributed by atoms with Gasteiger partial charge in [0.1, 0.15) is 29.3 Å². The Morgan fingerprint density at radius 2 is 0.976 bits per heavy atom. The molecule has 84 heavy (non-hydrogen) atoms. The number of benzene rings is 5. The average Bonchev–Trinajstić information content (AvgIpc) is 1.25. The molecule has 3 N–H and O–H groups in total. The summed E-state index contributed by atoms with van der Waals surface area (Å²) in [4.78, 5) is 99.4. The molecule has 4 heterocycles. The third-order valence-corrected chi connectivity index (χ3v) is 12.3. The van der Waals surface area contributed by atoms with Crippen molar-refractivity contribution in [3.8, 4) is 11.5 Å². The van der Waals surface area contributed by atoms with E-state index in [2.05, 4.69) is 15.3 Å². The standard InChI is InChI=1S/C34H28FN3O7.C26H22FN3O5.C2H6.CH4.K.H/c1-3-43-33(41)28-30(45-32(40)23-12-8-5-9-13-23)29-27(38(2)31(28)39)17-22(19-36-29)16-24-14-15-25(35)18-26(24)37-34(42)44-20-21-10-6-4-7-11-21;1-3-34-26(33)21-23(35-25(32)16-7-5-4-6-8-16)22-20(30(2)24(21)31)12-15(14-29-22)11-17-9-10-18(27)13-19(17)28;1-2;;;/h4-15,17-19H,3,16,20H2,1-2H3,(H,37,42);4-10,12-14H,3,11,28H2,1-2H3;1-2H3;1H4;;/q;;;;+1;-1. The van der Waals surface area contributed by atoms with Crippen LogP contribution in [0.2, 0.25) is 0 Å². The molecule has 1 amide bonds. The number of carbonyl (C=O) groups is 5. The topological polar surface area (TPSA) is 239 Å². The minimum Gasteiger partial charge on any atom is -1.00 e. The van der Waals surface area contributed by atoms with Crippen LogP contribution in [-0.4, -0.2) is 62.3 Å². The van der Waals surface area contributed by atoms with Crippen molar-refractivity contribution in [1.82, 2.24) is 19.1 Å². The van der Waals surface area contributed by atoms with Gasteiger partial charge in [0.05, 0.1) is 41.1 Å². The number of esters is 4. The molecular formula is C63H61F2KN6O12. The Morgan fingerprint density at radius 1 is 0.560 bits per heavy atom. The summed E-state index contributed by atoms with van der Waals surface area (Å²) in [6, 6.07) is 36.8. The van der Waals surface area contributed by atoms with Crippen molar-refractivity contribution in [2.45, 2.75) is 54.6 Å². The molecule has 0 saturated heterocycles. The molecule has 0 atom stereocenters. The maximum Gasteiger partial charge on any atom is 1.00 e. The first-order chi connectivity index (χ1) is 39.5. The smallest absolute Gasteiger partial charge is 1.00 e. The van der Waals surface area contributed by atoms with Gasteiger partial charge >= 0.3 is 81.4 Å². The number of carbonyl (C=O) groups excluding carboxylic acids is 5. The van der Waals surface area contributed by atoms with Gasteiger partial charge in [-0.1, -0.05) is 100 Å². The van der Waals surface area contributed by atoms with E-state index >= 15 is 0 Å². The molecule has 0 aliphatic heterocycles. The molecule has 18 nitrogen and oxygen atoms in total. The summed E-state index contributed by atoms with van der Waals surface area (Å²) in [5, 5.41) is 2.59. The molecule has 4 aromatic heterocycles. The van der Waals surface area contributed by atoms with Crippen LogP contribution in [0.3, 0.4) is 0 Å². The van der Waals surface area contributed by atoms with Gasteiger partial charge in [-0.15, -0.1) is 0 Å². The number of fused-ring (bicyclic) bond motifs is 2. The van der Waals surface area contributed by atoms with E-state index in [1.54, 1.807) is 80.6 Å². The van der Waals surface area contributed by atoms with Crippen LogP contribution in [0.1, 0.15) is 106 Å². The number of hydrogen-bond acceptors (Lipinski definition) is 15. The predicted molar refractivity (Wildman–Crippen MR) is 311 cm³/mol. The summed E-state index contributed by atoms with van der Waals surface area (Å²) in [6.45, 7) is 7.24. The van der Waals surface area contributed by atoms with Gasteiger partial charge in [0.15, 0.2) is 22.6 Å². The maximum absolute atomic E-state index is 14.2. The van der Waals surface area contributed by atoms with Crippen molar-refractivity contribution < 1.29 is 109 Å². The molecule has 9 aromatic rings. The van der Waals surface area contributed by atoms with E-state index in [1.807, 2.05) is 44.2 Å². The number of nitrogen functional groups attached to an aromatic ring is 1. The molecule has 0 fully saturated rings. The largest absolute Gasteiger partial charge is 1.00 e. The van der Waals surface area contributed by atoms with Gasteiger partial charge in [-0.25, -0.2) is 32.8 Å². The van der Waals surface area contributed by atoms with Gasteiger partial charge in [-0.2, -0.15) is 0 Å². The maximum atomic E-state index is 14.2. The van der Waals surface area contributed by atoms with Gasteiger partial charge < -0.3 is 40.0 Å². The van der Waals surface area contributed by atoms with Crippen LogP contribution in [0.5, 0.6) is 11.5 Å². The zero-order valence-corrected chi connectivity index (χ0v) is 49.6. The van der Waals surface area contributed by atoms with E-state index in [-0.39, 0.29) is 137 Å². The van der Waals surface area contributed by atoms with Crippen molar-refractivity contribution in [3.05, 3.63) is 234 Å². The van der Waals surface area contributed by atoms with Crippen molar-refractivity contribution in [2.24, 2.45) is 14.1 Å². The van der Waals surface area contributed by atoms with Crippen LogP contribution in [0.15, 0.2) is 162 Å². The van der Waals surface area contributed by atoms with Gasteiger partial charge in [-0.3, -0.25) is 24.9 Å². The SMILES string of the molecule is C.CC.CCOC(=O)c1c(OC(=O)c2ccccc2)c2ncc(Cc3ccc(F)cc3N)cc2n(C)c1=O.CCOC(=O)c1c(OC(=O)c2ccccc2)c2ncc(Cc3ccc(F)cc3NC(=O)OCc3ccccc3)cc2n(C)c1=O.[H-].[K+]. The third kappa shape index (κ3) is 16.1. The normalized spacial score (nSPS) is 10.3. The minimum absolute atomic E-state index is 0. The van der Waals surface area contributed by atoms with E-state index in [4.69, 9.17) is 29.4 Å². The Bertz CT molecular complexity index is 3970. The molecule has 0 saturated carbocycles. The van der Waals surface area contributed by atoms with Crippen LogP contribution in [0.4, 0.5) is 25.0 Å². The number of nitrogens with zero attached hydrogens (tertiary/aromatic N) is 4. The number of rotatable bonds is 15. The molecule has 0 radical (unpaired) electrons. The number of hydrogen-bond donors (Lipinski definition) is 2. The molecule has 5 aromatic carbocycles. The van der Waals surface area contributed by atoms with Crippen LogP contribution in [-0.2, 0) is 47.8 Å². The minimum atomic E-state index is -0.956. The summed E-state index contributed by atoms with van der Waals surface area (Å²) in [6.07, 6.45) is 2.72. The van der Waals surface area contributed by atoms with E-state index in [1.165, 1.54) is 78.1 Å². The van der Waals surface area contributed by atoms with E-state index in [9.17, 15) is 42.3 Å². The van der Waals surface area contributed by atoms with Crippen LogP contribution >= 0.6 is 0 Å². The van der Waals surface area contributed by atoms with Gasteiger partial charge in [0.2, 0.25) is 0 Å². The Kier molecular flexibility index (Phi) is 24.4. The first-order valence-corrected chi connectivity index (χ1v) is 25.8. The van der Waals surface area contributed by atoms with Crippen LogP contribution < -0.4 is 83.0 Å². The van der Waals surface area contributed by atoms with Gasteiger partial charge in [-0.05, 0) is 102 Å². The fourth-order valence-corrected chi connectivity index (χ4v) is 8.30. The van der Waals surface area contributed by atoms with Crippen molar-refractivity contribution in [2.75, 3.05) is 24.3 Å². The predicted octanol–water partition coefficient (Wildman–Crippen LogP) is 8.23. The molecule has 0 aliphatic carbocycles. The summed E-state index contributed by atoms with van der Waals surface area (Å²) in [5.74, 6) is -5.02. The molecule has 21 heteroatoms. The Morgan fingerprint density at radius 3 is 1.42 bits per heavy atom. The molecule has 0 spiro atoms. The first kappa shape index (κ1) is 66.1. The summed E-state index contributed by atoms with van der Waals surface area (Å²) < 4.78 is 56.7. The molecule has 0 aliphatic rings. The number of anilines is 2. The number of nitrogens with two attached hydrogens (primary N) is 1. The average molecular weight is 1170 g/mol. The van der Waals surface area contributed by atoms with E-state index < -0.39 is 63.9 Å². The third-order valence-electron chi connectivity index (χ3n) is 12.3. The summed E-state index contributed by atoms with van der Waals surface area (Å²) >= 11 is 0. The second-order valence-electron chi connectivity index (χ2n) is 17.7. The molecule has 0 unspecified atom stereocenters. The molecule has 0 bridgehead atoms. The number of nitrogens with one attached hydrogen (secondary N) is 1. The van der Waals surface area contributed by atoms with Gasteiger partial charge in [0, 0.05) is 45.0 Å². The van der Waals surface area contributed by atoms with E-state index in [0.717, 1.165) is 5.56 Å². The van der Waals surface area contributed by atoms with Crippen molar-refractivity contribution in [1.29, 1.82) is 0 Å². The second-order valence-corrected chi connectivity index (χ2v) is 17.7. The van der Waals surface area contributed by atoms with Crippen LogP contribution in [0, 0.1) is 11.6 Å². The zero-order chi connectivity index (χ0) is 59.0. The molecule has 9 rings (SSSR count). The Hall–Kier alpha value is -8.73. The first-order valence-electron chi connectivity index (χ1n) is 25.8. The number of pyridine rings is 4. The Labute approximate surface area is 526 Å². The zero-order valence-electron chi connectivity index (χ0n) is 47.5.